The standard InChI is InChI=1S/C13H20BrNO/c1-10(2)8-15(3)9-11-7-12(14)5-6-13(11)16-4/h5-7,10H,8-9H2,1-4H3. The van der Waals surface area contributed by atoms with Gasteiger partial charge in [-0.25, -0.2) is 0 Å². The summed E-state index contributed by atoms with van der Waals surface area (Å²) in [5, 5.41) is 0. The summed E-state index contributed by atoms with van der Waals surface area (Å²) in [4.78, 5) is 2.31. The van der Waals surface area contributed by atoms with E-state index in [1.807, 2.05) is 12.1 Å². The van der Waals surface area contributed by atoms with E-state index in [0.717, 1.165) is 23.3 Å². The van der Waals surface area contributed by atoms with Crippen molar-refractivity contribution in [3.05, 3.63) is 28.2 Å². The first-order valence-electron chi connectivity index (χ1n) is 5.54. The Labute approximate surface area is 107 Å². The van der Waals surface area contributed by atoms with Crippen LogP contribution in [-0.4, -0.2) is 25.6 Å². The smallest absolute Gasteiger partial charge is 0.123 e. The second-order valence-electron chi connectivity index (χ2n) is 4.55. The van der Waals surface area contributed by atoms with Crippen molar-refractivity contribution in [3.63, 3.8) is 0 Å². The molecule has 0 amide bonds. The molecule has 0 aliphatic rings. The number of halogens is 1. The predicted molar refractivity (Wildman–Crippen MR) is 71.9 cm³/mol. The third-order valence-electron chi connectivity index (χ3n) is 2.36. The molecule has 0 aliphatic carbocycles. The molecule has 0 fully saturated rings. The van der Waals surface area contributed by atoms with Crippen LogP contribution in [0.15, 0.2) is 22.7 Å². The fourth-order valence-electron chi connectivity index (χ4n) is 1.85. The molecule has 0 saturated carbocycles. The molecule has 0 aromatic heterocycles. The first-order valence-corrected chi connectivity index (χ1v) is 6.33. The van der Waals surface area contributed by atoms with Gasteiger partial charge in [-0.1, -0.05) is 29.8 Å². The molecule has 90 valence electrons. The van der Waals surface area contributed by atoms with E-state index < -0.39 is 0 Å². The topological polar surface area (TPSA) is 12.5 Å². The summed E-state index contributed by atoms with van der Waals surface area (Å²) in [7, 11) is 3.86. The number of methoxy groups -OCH3 is 1. The van der Waals surface area contributed by atoms with Crippen LogP contribution >= 0.6 is 15.9 Å². The van der Waals surface area contributed by atoms with Crippen molar-refractivity contribution in [2.24, 2.45) is 5.92 Å². The third kappa shape index (κ3) is 4.14. The fourth-order valence-corrected chi connectivity index (χ4v) is 2.26. The lowest BCUT2D eigenvalue weighted by Crippen LogP contribution is -2.22. The average molecular weight is 286 g/mol. The Bertz CT molecular complexity index is 339. The van der Waals surface area contributed by atoms with Crippen molar-refractivity contribution < 1.29 is 4.74 Å². The number of benzene rings is 1. The summed E-state index contributed by atoms with van der Waals surface area (Å²) in [6, 6.07) is 6.13. The van der Waals surface area contributed by atoms with Crippen LogP contribution in [0.1, 0.15) is 19.4 Å². The van der Waals surface area contributed by atoms with Gasteiger partial charge in [-0.15, -0.1) is 0 Å². The lowest BCUT2D eigenvalue weighted by Gasteiger charge is -2.20. The number of hydrogen-bond donors (Lipinski definition) is 0. The molecule has 0 N–H and O–H groups in total. The fraction of sp³-hybridized carbons (Fsp3) is 0.538. The van der Waals surface area contributed by atoms with Crippen LogP contribution in [0.5, 0.6) is 5.75 Å². The second kappa shape index (κ2) is 6.26. The molecule has 0 radical (unpaired) electrons. The van der Waals surface area contributed by atoms with Gasteiger partial charge in [0.1, 0.15) is 5.75 Å². The molecule has 3 heteroatoms. The van der Waals surface area contributed by atoms with Crippen molar-refractivity contribution in [3.8, 4) is 5.75 Å². The van der Waals surface area contributed by atoms with E-state index in [-0.39, 0.29) is 0 Å². The van der Waals surface area contributed by atoms with Crippen molar-refractivity contribution in [2.45, 2.75) is 20.4 Å². The van der Waals surface area contributed by atoms with Crippen LogP contribution in [0.2, 0.25) is 0 Å². The van der Waals surface area contributed by atoms with Gasteiger partial charge in [-0.3, -0.25) is 0 Å². The van der Waals surface area contributed by atoms with Gasteiger partial charge < -0.3 is 9.64 Å². The summed E-state index contributed by atoms with van der Waals surface area (Å²) in [5.74, 6) is 1.64. The molecule has 0 bridgehead atoms. The Morgan fingerprint density at radius 1 is 1.38 bits per heavy atom. The number of hydrogen-bond acceptors (Lipinski definition) is 2. The normalized spacial score (nSPS) is 11.2. The minimum absolute atomic E-state index is 0.683. The molecule has 0 heterocycles. The summed E-state index contributed by atoms with van der Waals surface area (Å²) in [6.45, 7) is 6.47. The maximum absolute atomic E-state index is 5.36. The Morgan fingerprint density at radius 3 is 2.62 bits per heavy atom. The zero-order valence-corrected chi connectivity index (χ0v) is 12.0. The maximum atomic E-state index is 5.36. The molecule has 1 aromatic rings. The number of rotatable bonds is 5. The van der Waals surface area contributed by atoms with E-state index in [1.54, 1.807) is 7.11 Å². The molecular formula is C13H20BrNO. The van der Waals surface area contributed by atoms with Gasteiger partial charge >= 0.3 is 0 Å². The Kier molecular flexibility index (Phi) is 5.29. The average Bonchev–Trinajstić information content (AvgIpc) is 2.16. The molecule has 1 rings (SSSR count). The van der Waals surface area contributed by atoms with Crippen LogP contribution in [0.25, 0.3) is 0 Å². The Morgan fingerprint density at radius 2 is 2.06 bits per heavy atom. The molecule has 0 aliphatic heterocycles. The molecule has 16 heavy (non-hydrogen) atoms. The van der Waals surface area contributed by atoms with Crippen molar-refractivity contribution >= 4 is 15.9 Å². The molecule has 0 atom stereocenters. The van der Waals surface area contributed by atoms with E-state index in [1.165, 1.54) is 5.56 Å². The number of nitrogens with zero attached hydrogens (tertiary/aromatic N) is 1. The SMILES string of the molecule is COc1ccc(Br)cc1CN(C)CC(C)C. The highest BCUT2D eigenvalue weighted by molar-refractivity contribution is 9.10. The minimum Gasteiger partial charge on any atom is -0.496 e. The van der Waals surface area contributed by atoms with Crippen molar-refractivity contribution in [1.29, 1.82) is 0 Å². The molecule has 0 spiro atoms. The molecular weight excluding hydrogens is 266 g/mol. The van der Waals surface area contributed by atoms with Gasteiger partial charge in [0, 0.05) is 23.1 Å². The van der Waals surface area contributed by atoms with Gasteiger partial charge in [0.25, 0.3) is 0 Å². The van der Waals surface area contributed by atoms with E-state index in [4.69, 9.17) is 4.74 Å². The zero-order valence-electron chi connectivity index (χ0n) is 10.5. The van der Waals surface area contributed by atoms with E-state index in [0.29, 0.717) is 5.92 Å². The van der Waals surface area contributed by atoms with E-state index >= 15 is 0 Å². The van der Waals surface area contributed by atoms with Crippen molar-refractivity contribution in [1.82, 2.24) is 4.90 Å². The quantitative estimate of drug-likeness (QED) is 0.821. The van der Waals surface area contributed by atoms with Crippen LogP contribution < -0.4 is 4.74 Å². The molecule has 0 saturated heterocycles. The number of ether oxygens (including phenoxy) is 1. The largest absolute Gasteiger partial charge is 0.496 e. The lowest BCUT2D eigenvalue weighted by molar-refractivity contribution is 0.283. The Hall–Kier alpha value is -0.540. The lowest BCUT2D eigenvalue weighted by atomic mass is 10.1. The van der Waals surface area contributed by atoms with Gasteiger partial charge in [0.15, 0.2) is 0 Å². The first-order chi connectivity index (χ1) is 7.52. The Balaban J connectivity index is 2.74. The summed E-state index contributed by atoms with van der Waals surface area (Å²) >= 11 is 3.49. The first kappa shape index (κ1) is 13.5. The highest BCUT2D eigenvalue weighted by Crippen LogP contribution is 2.24. The van der Waals surface area contributed by atoms with Crippen LogP contribution in [-0.2, 0) is 6.54 Å². The van der Waals surface area contributed by atoms with Gasteiger partial charge in [0.05, 0.1) is 7.11 Å². The van der Waals surface area contributed by atoms with Gasteiger partial charge in [-0.2, -0.15) is 0 Å². The molecule has 2 nitrogen and oxygen atoms in total. The summed E-state index contributed by atoms with van der Waals surface area (Å²) in [6.07, 6.45) is 0. The minimum atomic E-state index is 0.683. The monoisotopic (exact) mass is 285 g/mol. The molecule has 0 unspecified atom stereocenters. The van der Waals surface area contributed by atoms with Crippen LogP contribution in [0, 0.1) is 5.92 Å². The highest BCUT2D eigenvalue weighted by Gasteiger charge is 2.08. The third-order valence-corrected chi connectivity index (χ3v) is 2.85. The maximum Gasteiger partial charge on any atom is 0.123 e. The highest BCUT2D eigenvalue weighted by atomic mass is 79.9. The van der Waals surface area contributed by atoms with Crippen LogP contribution in [0.4, 0.5) is 0 Å². The van der Waals surface area contributed by atoms with Gasteiger partial charge in [0.2, 0.25) is 0 Å². The summed E-state index contributed by atoms with van der Waals surface area (Å²) < 4.78 is 6.46. The second-order valence-corrected chi connectivity index (χ2v) is 5.46. The van der Waals surface area contributed by atoms with Crippen LogP contribution in [0.3, 0.4) is 0 Å². The predicted octanol–water partition coefficient (Wildman–Crippen LogP) is 3.55. The summed E-state index contributed by atoms with van der Waals surface area (Å²) in [5.41, 5.74) is 1.22. The van der Waals surface area contributed by atoms with E-state index in [2.05, 4.69) is 47.8 Å². The van der Waals surface area contributed by atoms with Gasteiger partial charge in [-0.05, 0) is 31.2 Å². The van der Waals surface area contributed by atoms with E-state index in [9.17, 15) is 0 Å². The molecule has 1 aromatic carbocycles. The zero-order chi connectivity index (χ0) is 12.1. The van der Waals surface area contributed by atoms with Crippen molar-refractivity contribution in [2.75, 3.05) is 20.7 Å².